The number of para-hydroxylation sites is 1. The van der Waals surface area contributed by atoms with Crippen LogP contribution in [0.3, 0.4) is 0 Å². The van der Waals surface area contributed by atoms with Gasteiger partial charge in [-0.1, -0.05) is 48.0 Å². The number of hydrogen-bond donors (Lipinski definition) is 3. The topological polar surface area (TPSA) is 96.5 Å². The van der Waals surface area contributed by atoms with Crippen molar-refractivity contribution < 1.29 is 32.3 Å². The van der Waals surface area contributed by atoms with Gasteiger partial charge in [0, 0.05) is 21.7 Å². The SMILES string of the molecule is CCOc1ccccc1/C=C(\NC(=O)c1ccccc1)C(=O)Nc1ccc(SC(C)C(=O)Nc2cc(C(F)(F)F)ccc2Cl)cc1. The number of hydrogen-bond acceptors (Lipinski definition) is 5. The van der Waals surface area contributed by atoms with Crippen molar-refractivity contribution in [3.8, 4) is 5.75 Å². The maximum Gasteiger partial charge on any atom is 0.416 e. The Balaban J connectivity index is 1.46. The summed E-state index contributed by atoms with van der Waals surface area (Å²) in [5.74, 6) is -1.05. The Bertz CT molecular complexity index is 1730. The van der Waals surface area contributed by atoms with Crippen LogP contribution in [0.25, 0.3) is 6.08 Å². The molecule has 3 amide bonds. The smallest absolute Gasteiger partial charge is 0.416 e. The van der Waals surface area contributed by atoms with Gasteiger partial charge in [0.1, 0.15) is 11.4 Å². The fourth-order valence-corrected chi connectivity index (χ4v) is 5.12. The molecule has 0 saturated heterocycles. The number of benzene rings is 4. The van der Waals surface area contributed by atoms with E-state index >= 15 is 0 Å². The highest BCUT2D eigenvalue weighted by Gasteiger charge is 2.31. The van der Waals surface area contributed by atoms with Crippen LogP contribution in [-0.2, 0) is 15.8 Å². The second-order valence-corrected chi connectivity index (χ2v) is 11.6. The summed E-state index contributed by atoms with van der Waals surface area (Å²) in [4.78, 5) is 39.8. The van der Waals surface area contributed by atoms with E-state index in [0.717, 1.165) is 30.0 Å². The van der Waals surface area contributed by atoms with E-state index in [-0.39, 0.29) is 16.4 Å². The van der Waals surface area contributed by atoms with Crippen LogP contribution in [0.2, 0.25) is 5.02 Å². The molecule has 1 atom stereocenters. The summed E-state index contributed by atoms with van der Waals surface area (Å²) in [7, 11) is 0. The monoisotopic (exact) mass is 667 g/mol. The second-order valence-electron chi connectivity index (χ2n) is 9.77. The molecule has 238 valence electrons. The molecular weight excluding hydrogens is 639 g/mol. The molecule has 4 rings (SSSR count). The summed E-state index contributed by atoms with van der Waals surface area (Å²) >= 11 is 7.17. The lowest BCUT2D eigenvalue weighted by atomic mass is 10.1. The van der Waals surface area contributed by atoms with Crippen molar-refractivity contribution in [1.29, 1.82) is 0 Å². The first-order chi connectivity index (χ1) is 21.9. The molecule has 0 spiro atoms. The number of thioether (sulfide) groups is 1. The number of ether oxygens (including phenoxy) is 1. The zero-order valence-corrected chi connectivity index (χ0v) is 26.2. The van der Waals surface area contributed by atoms with Crippen molar-refractivity contribution in [3.63, 3.8) is 0 Å². The van der Waals surface area contributed by atoms with Crippen molar-refractivity contribution in [3.05, 3.63) is 124 Å². The molecule has 4 aromatic rings. The minimum atomic E-state index is -4.58. The minimum Gasteiger partial charge on any atom is -0.493 e. The molecule has 0 fully saturated rings. The van der Waals surface area contributed by atoms with Crippen LogP contribution < -0.4 is 20.7 Å². The van der Waals surface area contributed by atoms with Crippen molar-refractivity contribution in [2.75, 3.05) is 17.2 Å². The van der Waals surface area contributed by atoms with Crippen LogP contribution in [0, 0.1) is 0 Å². The Kier molecular flexibility index (Phi) is 11.5. The average molecular weight is 668 g/mol. The number of nitrogens with one attached hydrogen (secondary N) is 3. The molecular formula is C34H29ClF3N3O4S. The van der Waals surface area contributed by atoms with Gasteiger partial charge in [0.2, 0.25) is 5.91 Å². The molecule has 0 aromatic heterocycles. The zero-order chi connectivity index (χ0) is 33.3. The lowest BCUT2D eigenvalue weighted by Crippen LogP contribution is -2.30. The molecule has 0 aliphatic heterocycles. The number of carbonyl (C=O) groups is 3. The van der Waals surface area contributed by atoms with Gasteiger partial charge in [0.25, 0.3) is 11.8 Å². The first-order valence-corrected chi connectivity index (χ1v) is 15.3. The van der Waals surface area contributed by atoms with Gasteiger partial charge in [-0.15, -0.1) is 11.8 Å². The van der Waals surface area contributed by atoms with Crippen molar-refractivity contribution >= 4 is 58.5 Å². The Morgan fingerprint density at radius 3 is 2.26 bits per heavy atom. The molecule has 1 unspecified atom stereocenters. The lowest BCUT2D eigenvalue weighted by molar-refractivity contribution is -0.137. The van der Waals surface area contributed by atoms with Gasteiger partial charge in [-0.05, 0) is 80.6 Å². The molecule has 0 saturated carbocycles. The Morgan fingerprint density at radius 2 is 1.59 bits per heavy atom. The average Bonchev–Trinajstić information content (AvgIpc) is 3.03. The molecule has 4 aromatic carbocycles. The fourth-order valence-electron chi connectivity index (χ4n) is 4.09. The highest BCUT2D eigenvalue weighted by Crippen LogP contribution is 2.34. The second kappa shape index (κ2) is 15.5. The van der Waals surface area contributed by atoms with E-state index in [2.05, 4.69) is 16.0 Å². The number of anilines is 2. The summed E-state index contributed by atoms with van der Waals surface area (Å²) in [5.41, 5.74) is 0.293. The maximum atomic E-state index is 13.4. The van der Waals surface area contributed by atoms with E-state index < -0.39 is 34.7 Å². The third-order valence-electron chi connectivity index (χ3n) is 6.39. The zero-order valence-electron chi connectivity index (χ0n) is 24.7. The van der Waals surface area contributed by atoms with E-state index in [1.54, 1.807) is 85.8 Å². The van der Waals surface area contributed by atoms with Gasteiger partial charge in [0.15, 0.2) is 0 Å². The molecule has 0 heterocycles. The van der Waals surface area contributed by atoms with E-state index in [0.29, 0.717) is 34.1 Å². The van der Waals surface area contributed by atoms with E-state index in [1.165, 1.54) is 6.08 Å². The molecule has 0 aliphatic rings. The van der Waals surface area contributed by atoms with Crippen molar-refractivity contribution in [2.24, 2.45) is 0 Å². The molecule has 0 radical (unpaired) electrons. The largest absolute Gasteiger partial charge is 0.493 e. The summed E-state index contributed by atoms with van der Waals surface area (Å²) < 4.78 is 45.0. The van der Waals surface area contributed by atoms with Crippen LogP contribution >= 0.6 is 23.4 Å². The number of halogens is 4. The number of carbonyl (C=O) groups excluding carboxylic acids is 3. The van der Waals surface area contributed by atoms with Crippen molar-refractivity contribution in [2.45, 2.75) is 30.2 Å². The van der Waals surface area contributed by atoms with Crippen LogP contribution in [-0.4, -0.2) is 29.6 Å². The molecule has 12 heteroatoms. The van der Waals surface area contributed by atoms with E-state index in [9.17, 15) is 27.6 Å². The fraction of sp³-hybridized carbons (Fsp3) is 0.147. The van der Waals surface area contributed by atoms with Crippen LogP contribution in [0.15, 0.2) is 108 Å². The molecule has 0 aliphatic carbocycles. The molecule has 0 bridgehead atoms. The highest BCUT2D eigenvalue weighted by atomic mass is 35.5. The van der Waals surface area contributed by atoms with Crippen LogP contribution in [0.4, 0.5) is 24.5 Å². The first kappa shape index (κ1) is 34.1. The first-order valence-electron chi connectivity index (χ1n) is 14.0. The van der Waals surface area contributed by atoms with Crippen LogP contribution in [0.1, 0.15) is 35.3 Å². The quantitative estimate of drug-likeness (QED) is 0.111. The van der Waals surface area contributed by atoms with E-state index in [4.69, 9.17) is 16.3 Å². The van der Waals surface area contributed by atoms with Gasteiger partial charge in [-0.25, -0.2) is 0 Å². The third-order valence-corrected chi connectivity index (χ3v) is 7.83. The van der Waals surface area contributed by atoms with Crippen LogP contribution in [0.5, 0.6) is 5.75 Å². The van der Waals surface area contributed by atoms with Gasteiger partial charge in [0.05, 0.1) is 28.1 Å². The minimum absolute atomic E-state index is 0.0157. The summed E-state index contributed by atoms with van der Waals surface area (Å²) in [5, 5.41) is 7.20. The normalized spacial score (nSPS) is 12.2. The number of alkyl halides is 3. The van der Waals surface area contributed by atoms with Gasteiger partial charge in [-0.3, -0.25) is 14.4 Å². The Morgan fingerprint density at radius 1 is 0.913 bits per heavy atom. The summed E-state index contributed by atoms with van der Waals surface area (Å²) in [6.45, 7) is 3.85. The molecule has 46 heavy (non-hydrogen) atoms. The Hall–Kier alpha value is -4.74. The Labute approximate surface area is 273 Å². The molecule has 7 nitrogen and oxygen atoms in total. The highest BCUT2D eigenvalue weighted by molar-refractivity contribution is 8.00. The summed E-state index contributed by atoms with van der Waals surface area (Å²) in [6.07, 6.45) is -3.05. The predicted molar refractivity (Wildman–Crippen MR) is 175 cm³/mol. The number of amides is 3. The molecule has 3 N–H and O–H groups in total. The van der Waals surface area contributed by atoms with Gasteiger partial charge >= 0.3 is 6.18 Å². The predicted octanol–water partition coefficient (Wildman–Crippen LogP) is 8.29. The lowest BCUT2D eigenvalue weighted by Gasteiger charge is -2.15. The van der Waals surface area contributed by atoms with Gasteiger partial charge < -0.3 is 20.7 Å². The summed E-state index contributed by atoms with van der Waals surface area (Å²) in [6, 6.07) is 24.9. The van der Waals surface area contributed by atoms with E-state index in [1.807, 2.05) is 6.92 Å². The van der Waals surface area contributed by atoms with Crippen molar-refractivity contribution in [1.82, 2.24) is 5.32 Å². The number of rotatable bonds is 11. The maximum absolute atomic E-state index is 13.4. The van der Waals surface area contributed by atoms with Gasteiger partial charge in [-0.2, -0.15) is 13.2 Å². The third kappa shape index (κ3) is 9.38. The standard InChI is InChI=1S/C34H29ClF3N3O4S/c1-3-45-30-12-8-7-11-23(30)19-29(41-32(43)22-9-5-4-6-10-22)33(44)39-25-14-16-26(17-15-25)46-21(2)31(42)40-28-20-24(34(36,37)38)13-18-27(28)35/h4-21H,3H2,1-2H3,(H,39,44)(H,40,42)(H,41,43)/b29-19-.